The number of nitrogens with zero attached hydrogens (tertiary/aromatic N) is 1. The van der Waals surface area contributed by atoms with Gasteiger partial charge in [0.1, 0.15) is 12.0 Å². The number of nitro groups is 1. The summed E-state index contributed by atoms with van der Waals surface area (Å²) in [5, 5.41) is 16.4. The number of rotatable bonds is 6. The SMILES string of the molecule is CNC(=O)C(C)(C)CNc1ccc(C=O)cc1[N+](=O)[O-]. The van der Waals surface area contributed by atoms with E-state index in [0.29, 0.717) is 6.29 Å². The molecule has 2 N–H and O–H groups in total. The van der Waals surface area contributed by atoms with Crippen molar-refractivity contribution in [2.45, 2.75) is 13.8 Å². The molecule has 1 rings (SSSR count). The van der Waals surface area contributed by atoms with E-state index in [0.717, 1.165) is 0 Å². The van der Waals surface area contributed by atoms with Crippen LogP contribution in [0.5, 0.6) is 0 Å². The van der Waals surface area contributed by atoms with Crippen molar-refractivity contribution in [3.05, 3.63) is 33.9 Å². The topological polar surface area (TPSA) is 101 Å². The Morgan fingerprint density at radius 1 is 1.45 bits per heavy atom. The maximum Gasteiger partial charge on any atom is 0.293 e. The van der Waals surface area contributed by atoms with Gasteiger partial charge in [-0.05, 0) is 26.0 Å². The molecule has 7 nitrogen and oxygen atoms in total. The average Bonchev–Trinajstić information content (AvgIpc) is 2.43. The highest BCUT2D eigenvalue weighted by molar-refractivity contribution is 5.83. The van der Waals surface area contributed by atoms with E-state index in [2.05, 4.69) is 10.6 Å². The van der Waals surface area contributed by atoms with Gasteiger partial charge >= 0.3 is 0 Å². The van der Waals surface area contributed by atoms with E-state index in [1.54, 1.807) is 13.8 Å². The van der Waals surface area contributed by atoms with Crippen LogP contribution in [0.25, 0.3) is 0 Å². The molecule has 1 aromatic carbocycles. The number of anilines is 1. The van der Waals surface area contributed by atoms with Gasteiger partial charge in [-0.25, -0.2) is 0 Å². The Hall–Kier alpha value is -2.44. The number of nitrogens with one attached hydrogen (secondary N) is 2. The standard InChI is InChI=1S/C13H17N3O4/c1-13(2,12(18)14-3)8-15-10-5-4-9(7-17)6-11(10)16(19)20/h4-7,15H,8H2,1-3H3,(H,14,18). The largest absolute Gasteiger partial charge is 0.378 e. The smallest absolute Gasteiger partial charge is 0.293 e. The van der Waals surface area contributed by atoms with Gasteiger partial charge in [0.25, 0.3) is 5.69 Å². The molecule has 0 heterocycles. The first-order valence-corrected chi connectivity index (χ1v) is 6.01. The van der Waals surface area contributed by atoms with Gasteiger partial charge < -0.3 is 10.6 Å². The van der Waals surface area contributed by atoms with Crippen LogP contribution in [0.15, 0.2) is 18.2 Å². The van der Waals surface area contributed by atoms with Crippen LogP contribution in [0, 0.1) is 15.5 Å². The average molecular weight is 279 g/mol. The Morgan fingerprint density at radius 3 is 2.60 bits per heavy atom. The third-order valence-corrected chi connectivity index (χ3v) is 2.92. The van der Waals surface area contributed by atoms with Crippen LogP contribution in [0.2, 0.25) is 0 Å². The second kappa shape index (κ2) is 6.14. The molecule has 108 valence electrons. The van der Waals surface area contributed by atoms with E-state index in [1.807, 2.05) is 0 Å². The number of aldehydes is 1. The molecule has 7 heteroatoms. The maximum atomic E-state index is 11.6. The summed E-state index contributed by atoms with van der Waals surface area (Å²) in [4.78, 5) is 32.7. The molecule has 0 aliphatic carbocycles. The first-order chi connectivity index (χ1) is 9.31. The van der Waals surface area contributed by atoms with E-state index in [-0.39, 0.29) is 29.4 Å². The first-order valence-electron chi connectivity index (χ1n) is 6.01. The van der Waals surface area contributed by atoms with Crippen LogP contribution in [-0.2, 0) is 4.79 Å². The molecule has 0 saturated heterocycles. The molecular formula is C13H17N3O4. The second-order valence-corrected chi connectivity index (χ2v) is 4.97. The fourth-order valence-corrected chi connectivity index (χ4v) is 1.66. The summed E-state index contributed by atoms with van der Waals surface area (Å²) in [6, 6.07) is 4.14. The molecule has 0 aliphatic rings. The third kappa shape index (κ3) is 3.53. The summed E-state index contributed by atoms with van der Waals surface area (Å²) in [6.07, 6.45) is 0.547. The molecule has 0 atom stereocenters. The molecule has 0 bridgehead atoms. The van der Waals surface area contributed by atoms with Crippen molar-refractivity contribution < 1.29 is 14.5 Å². The van der Waals surface area contributed by atoms with Gasteiger partial charge in [-0.1, -0.05) is 0 Å². The van der Waals surface area contributed by atoms with Crippen LogP contribution in [0.1, 0.15) is 24.2 Å². The number of hydrogen-bond donors (Lipinski definition) is 2. The molecule has 0 aliphatic heterocycles. The fourth-order valence-electron chi connectivity index (χ4n) is 1.66. The van der Waals surface area contributed by atoms with Crippen LogP contribution < -0.4 is 10.6 Å². The molecule has 0 aromatic heterocycles. The maximum absolute atomic E-state index is 11.6. The van der Waals surface area contributed by atoms with E-state index in [1.165, 1.54) is 25.2 Å². The highest BCUT2D eigenvalue weighted by Crippen LogP contribution is 2.26. The number of carbonyl (C=O) groups excluding carboxylic acids is 2. The van der Waals surface area contributed by atoms with Crippen LogP contribution >= 0.6 is 0 Å². The van der Waals surface area contributed by atoms with Gasteiger partial charge in [0.05, 0.1) is 10.3 Å². The minimum Gasteiger partial charge on any atom is -0.378 e. The molecule has 0 unspecified atom stereocenters. The number of nitro benzene ring substituents is 1. The quantitative estimate of drug-likeness (QED) is 0.468. The molecule has 1 amide bonds. The lowest BCUT2D eigenvalue weighted by atomic mass is 9.92. The zero-order chi connectivity index (χ0) is 15.3. The Morgan fingerprint density at radius 2 is 2.10 bits per heavy atom. The predicted molar refractivity (Wildman–Crippen MR) is 74.8 cm³/mol. The number of hydrogen-bond acceptors (Lipinski definition) is 5. The molecular weight excluding hydrogens is 262 g/mol. The Balaban J connectivity index is 2.95. The first kappa shape index (κ1) is 15.6. The van der Waals surface area contributed by atoms with Gasteiger partial charge in [0.2, 0.25) is 5.91 Å². The summed E-state index contributed by atoms with van der Waals surface area (Å²) >= 11 is 0. The number of amides is 1. The molecule has 20 heavy (non-hydrogen) atoms. The summed E-state index contributed by atoms with van der Waals surface area (Å²) in [5.41, 5.74) is -0.404. The van der Waals surface area contributed by atoms with Crippen molar-refractivity contribution in [2.24, 2.45) is 5.41 Å². The number of benzene rings is 1. The molecule has 0 fully saturated rings. The minimum absolute atomic E-state index is 0.169. The summed E-state index contributed by atoms with van der Waals surface area (Å²) in [6.45, 7) is 3.68. The van der Waals surface area contributed by atoms with Crippen molar-refractivity contribution >= 4 is 23.6 Å². The molecule has 1 aromatic rings. The van der Waals surface area contributed by atoms with Gasteiger partial charge in [-0.3, -0.25) is 19.7 Å². The van der Waals surface area contributed by atoms with Crippen molar-refractivity contribution in [3.8, 4) is 0 Å². The summed E-state index contributed by atoms with van der Waals surface area (Å²) in [5.74, 6) is -0.169. The zero-order valence-corrected chi connectivity index (χ0v) is 11.6. The molecule has 0 spiro atoms. The Kier molecular flexibility index (Phi) is 4.79. The van der Waals surface area contributed by atoms with Crippen molar-refractivity contribution in [3.63, 3.8) is 0 Å². The van der Waals surface area contributed by atoms with E-state index in [4.69, 9.17) is 0 Å². The lowest BCUT2D eigenvalue weighted by Gasteiger charge is -2.23. The van der Waals surface area contributed by atoms with Gasteiger partial charge in [0.15, 0.2) is 0 Å². The number of carbonyl (C=O) groups is 2. The van der Waals surface area contributed by atoms with Crippen LogP contribution in [0.3, 0.4) is 0 Å². The highest BCUT2D eigenvalue weighted by atomic mass is 16.6. The Bertz CT molecular complexity index is 540. The van der Waals surface area contributed by atoms with Crippen molar-refractivity contribution in [1.82, 2.24) is 5.32 Å². The van der Waals surface area contributed by atoms with Crippen molar-refractivity contribution in [2.75, 3.05) is 18.9 Å². The zero-order valence-electron chi connectivity index (χ0n) is 11.6. The van der Waals surface area contributed by atoms with E-state index >= 15 is 0 Å². The van der Waals surface area contributed by atoms with Crippen LogP contribution in [0.4, 0.5) is 11.4 Å². The van der Waals surface area contributed by atoms with E-state index in [9.17, 15) is 19.7 Å². The van der Waals surface area contributed by atoms with Crippen molar-refractivity contribution in [1.29, 1.82) is 0 Å². The lowest BCUT2D eigenvalue weighted by molar-refractivity contribution is -0.384. The molecule has 0 radical (unpaired) electrons. The predicted octanol–water partition coefficient (Wildman–Crippen LogP) is 1.59. The van der Waals surface area contributed by atoms with E-state index < -0.39 is 10.3 Å². The summed E-state index contributed by atoms with van der Waals surface area (Å²) < 4.78 is 0. The normalized spacial score (nSPS) is 10.8. The highest BCUT2D eigenvalue weighted by Gasteiger charge is 2.27. The second-order valence-electron chi connectivity index (χ2n) is 4.97. The fraction of sp³-hybridized carbons (Fsp3) is 0.385. The van der Waals surface area contributed by atoms with Gasteiger partial charge in [-0.15, -0.1) is 0 Å². The minimum atomic E-state index is -0.716. The Labute approximate surface area is 116 Å². The third-order valence-electron chi connectivity index (χ3n) is 2.92. The summed E-state index contributed by atoms with van der Waals surface area (Å²) in [7, 11) is 1.53. The van der Waals surface area contributed by atoms with Crippen LogP contribution in [-0.4, -0.2) is 30.7 Å². The molecule has 0 saturated carbocycles. The van der Waals surface area contributed by atoms with Gasteiger partial charge in [-0.2, -0.15) is 0 Å². The van der Waals surface area contributed by atoms with Gasteiger partial charge in [0, 0.05) is 25.2 Å². The monoisotopic (exact) mass is 279 g/mol. The lowest BCUT2D eigenvalue weighted by Crippen LogP contribution is -2.39.